The third-order valence-electron chi connectivity index (χ3n) is 3.34. The molecule has 0 aliphatic carbocycles. The molecule has 2 rings (SSSR count). The number of sulfone groups is 1. The lowest BCUT2D eigenvalue weighted by atomic mass is 10.1. The van der Waals surface area contributed by atoms with Crippen LogP contribution >= 0.6 is 22.9 Å². The maximum atomic E-state index is 12.4. The second kappa shape index (κ2) is 7.74. The van der Waals surface area contributed by atoms with E-state index in [0.29, 0.717) is 10.6 Å². The van der Waals surface area contributed by atoms with Crippen LogP contribution in [0.5, 0.6) is 0 Å². The van der Waals surface area contributed by atoms with Crippen LogP contribution in [0.25, 0.3) is 10.4 Å². The normalized spacial score (nSPS) is 11.7. The van der Waals surface area contributed by atoms with E-state index in [-0.39, 0.29) is 40.9 Å². The molecule has 1 aromatic heterocycles. The fraction of sp³-hybridized carbons (Fsp3) is 0.375. The molecule has 1 heterocycles. The average Bonchev–Trinajstić information content (AvgIpc) is 2.85. The zero-order valence-corrected chi connectivity index (χ0v) is 15.8. The Morgan fingerprint density at radius 2 is 2.08 bits per heavy atom. The van der Waals surface area contributed by atoms with Crippen molar-refractivity contribution in [2.24, 2.45) is 0 Å². The number of carbonyl (C=O) groups excluding carboxylic acids is 1. The highest BCUT2D eigenvalue weighted by molar-refractivity contribution is 7.91. The quantitative estimate of drug-likeness (QED) is 0.789. The molecule has 0 saturated heterocycles. The van der Waals surface area contributed by atoms with Gasteiger partial charge in [-0.25, -0.2) is 13.4 Å². The van der Waals surface area contributed by atoms with Gasteiger partial charge in [-0.15, -0.1) is 11.3 Å². The lowest BCUT2D eigenvalue weighted by Crippen LogP contribution is -2.09. The largest absolute Gasteiger partial charge is 0.396 e. The van der Waals surface area contributed by atoms with Crippen LogP contribution in [-0.2, 0) is 21.1 Å². The predicted molar refractivity (Wildman–Crippen MR) is 95.4 cm³/mol. The third-order valence-corrected chi connectivity index (χ3v) is 6.82. The molecule has 0 amide bonds. The Kier molecular flexibility index (Phi) is 6.14. The van der Waals surface area contributed by atoms with E-state index in [1.165, 1.54) is 24.3 Å². The van der Waals surface area contributed by atoms with Gasteiger partial charge in [-0.2, -0.15) is 0 Å². The summed E-state index contributed by atoms with van der Waals surface area (Å²) in [5, 5.41) is 9.72. The van der Waals surface area contributed by atoms with E-state index in [0.717, 1.165) is 10.6 Å². The molecule has 5 nitrogen and oxygen atoms in total. The van der Waals surface area contributed by atoms with Crippen LogP contribution in [0, 0.1) is 6.92 Å². The van der Waals surface area contributed by atoms with E-state index in [9.17, 15) is 13.2 Å². The minimum Gasteiger partial charge on any atom is -0.396 e. The molecule has 0 fully saturated rings. The highest BCUT2D eigenvalue weighted by Gasteiger charge is 2.20. The second-order valence-corrected chi connectivity index (χ2v) is 9.01. The molecule has 0 aliphatic rings. The molecule has 8 heteroatoms. The highest BCUT2D eigenvalue weighted by atomic mass is 35.5. The van der Waals surface area contributed by atoms with E-state index in [1.807, 2.05) is 6.92 Å². The van der Waals surface area contributed by atoms with Crippen molar-refractivity contribution in [2.45, 2.75) is 31.6 Å². The van der Waals surface area contributed by atoms with E-state index >= 15 is 0 Å². The Balaban J connectivity index is 2.45. The standard InChI is InChI=1S/C16H18ClNO4S2/c1-10(20)8-15-18-11(2)16(23-15)12-4-5-13(17)14(9-12)24(21,22)7-3-6-19/h4-5,9,19H,3,6-8H2,1-2H3. The van der Waals surface area contributed by atoms with Crippen LogP contribution in [0.3, 0.4) is 0 Å². The van der Waals surface area contributed by atoms with Gasteiger partial charge < -0.3 is 5.11 Å². The summed E-state index contributed by atoms with van der Waals surface area (Å²) >= 11 is 7.44. The van der Waals surface area contributed by atoms with Crippen molar-refractivity contribution in [1.29, 1.82) is 0 Å². The number of aliphatic hydroxyl groups is 1. The third kappa shape index (κ3) is 4.42. The number of benzene rings is 1. The van der Waals surface area contributed by atoms with Crippen LogP contribution in [0.15, 0.2) is 23.1 Å². The summed E-state index contributed by atoms with van der Waals surface area (Å²) in [6.07, 6.45) is 0.423. The molecule has 130 valence electrons. The number of aromatic nitrogens is 1. The van der Waals surface area contributed by atoms with Gasteiger partial charge in [-0.1, -0.05) is 17.7 Å². The van der Waals surface area contributed by atoms with Crippen molar-refractivity contribution in [3.8, 4) is 10.4 Å². The van der Waals surface area contributed by atoms with E-state index in [4.69, 9.17) is 16.7 Å². The first-order valence-corrected chi connectivity index (χ1v) is 10.2. The summed E-state index contributed by atoms with van der Waals surface area (Å²) in [5.41, 5.74) is 1.45. The number of aryl methyl sites for hydroxylation is 1. The Hall–Kier alpha value is -1.28. The molecule has 0 atom stereocenters. The number of carbonyl (C=O) groups is 1. The van der Waals surface area contributed by atoms with Gasteiger partial charge in [0.15, 0.2) is 9.84 Å². The maximum Gasteiger partial charge on any atom is 0.179 e. The number of hydrogen-bond acceptors (Lipinski definition) is 6. The predicted octanol–water partition coefficient (Wildman–Crippen LogP) is 3.06. The molecule has 0 spiro atoms. The number of aliphatic hydroxyl groups excluding tert-OH is 1. The Labute approximate surface area is 150 Å². The molecule has 1 aromatic carbocycles. The molecule has 0 saturated carbocycles. The number of nitrogens with zero attached hydrogens (tertiary/aromatic N) is 1. The first-order chi connectivity index (χ1) is 11.2. The SMILES string of the molecule is CC(=O)Cc1nc(C)c(-c2ccc(Cl)c(S(=O)(=O)CCCO)c2)s1. The number of halogens is 1. The first kappa shape index (κ1) is 19.1. The van der Waals surface area contributed by atoms with Crippen molar-refractivity contribution in [3.63, 3.8) is 0 Å². The molecule has 0 radical (unpaired) electrons. The van der Waals surface area contributed by atoms with Gasteiger partial charge in [0.05, 0.1) is 32.7 Å². The lowest BCUT2D eigenvalue weighted by molar-refractivity contribution is -0.116. The summed E-state index contributed by atoms with van der Waals surface area (Å²) in [4.78, 5) is 16.5. The van der Waals surface area contributed by atoms with E-state index in [1.54, 1.807) is 12.1 Å². The van der Waals surface area contributed by atoms with Crippen molar-refractivity contribution in [3.05, 3.63) is 33.9 Å². The lowest BCUT2D eigenvalue weighted by Gasteiger charge is -2.08. The van der Waals surface area contributed by atoms with Crippen LogP contribution in [0.4, 0.5) is 0 Å². The number of ketones is 1. The van der Waals surface area contributed by atoms with Gasteiger partial charge in [0, 0.05) is 6.61 Å². The minimum absolute atomic E-state index is 0.0266. The molecule has 24 heavy (non-hydrogen) atoms. The van der Waals surface area contributed by atoms with Gasteiger partial charge in [0.1, 0.15) is 10.8 Å². The fourth-order valence-electron chi connectivity index (χ4n) is 2.26. The summed E-state index contributed by atoms with van der Waals surface area (Å²) in [6, 6.07) is 4.82. The van der Waals surface area contributed by atoms with Gasteiger partial charge in [0.2, 0.25) is 0 Å². The van der Waals surface area contributed by atoms with Crippen LogP contribution in [0.2, 0.25) is 5.02 Å². The highest BCUT2D eigenvalue weighted by Crippen LogP contribution is 2.34. The Morgan fingerprint density at radius 1 is 1.38 bits per heavy atom. The summed E-state index contributed by atoms with van der Waals surface area (Å²) in [5.74, 6) is -0.136. The summed E-state index contributed by atoms with van der Waals surface area (Å²) in [7, 11) is -3.57. The maximum absolute atomic E-state index is 12.4. The zero-order chi connectivity index (χ0) is 17.9. The Bertz CT molecular complexity index is 859. The number of thiazole rings is 1. The van der Waals surface area contributed by atoms with Crippen molar-refractivity contribution in [1.82, 2.24) is 4.98 Å². The van der Waals surface area contributed by atoms with E-state index < -0.39 is 9.84 Å². The number of rotatable bonds is 7. The zero-order valence-electron chi connectivity index (χ0n) is 13.4. The van der Waals surface area contributed by atoms with Crippen molar-refractivity contribution >= 4 is 38.6 Å². The topological polar surface area (TPSA) is 84.3 Å². The van der Waals surface area contributed by atoms with Gasteiger partial charge in [-0.05, 0) is 38.0 Å². The molecule has 0 aliphatic heterocycles. The summed E-state index contributed by atoms with van der Waals surface area (Å²) in [6.45, 7) is 3.13. The van der Waals surface area contributed by atoms with Crippen LogP contribution < -0.4 is 0 Å². The number of Topliss-reactive ketones (excluding diaryl/α,β-unsaturated/α-hetero) is 1. The first-order valence-electron chi connectivity index (χ1n) is 7.34. The molecule has 0 unspecified atom stereocenters. The van der Waals surface area contributed by atoms with Crippen molar-refractivity contribution < 1.29 is 18.3 Å². The minimum atomic E-state index is -3.57. The van der Waals surface area contributed by atoms with Crippen molar-refractivity contribution in [2.75, 3.05) is 12.4 Å². The average molecular weight is 388 g/mol. The molecule has 0 bridgehead atoms. The van der Waals surface area contributed by atoms with Gasteiger partial charge >= 0.3 is 0 Å². The van der Waals surface area contributed by atoms with Crippen LogP contribution in [-0.4, -0.2) is 36.7 Å². The monoisotopic (exact) mass is 387 g/mol. The molecular formula is C16H18ClNO4S2. The number of hydrogen-bond donors (Lipinski definition) is 1. The fourth-order valence-corrected chi connectivity index (χ4v) is 5.26. The molecular weight excluding hydrogens is 370 g/mol. The van der Waals surface area contributed by atoms with E-state index in [2.05, 4.69) is 4.98 Å². The Morgan fingerprint density at radius 3 is 2.71 bits per heavy atom. The molecule has 1 N–H and O–H groups in total. The smallest absolute Gasteiger partial charge is 0.179 e. The second-order valence-electron chi connectivity index (χ2n) is 5.44. The summed E-state index contributed by atoms with van der Waals surface area (Å²) < 4.78 is 24.8. The molecule has 2 aromatic rings. The van der Waals surface area contributed by atoms with Crippen LogP contribution in [0.1, 0.15) is 24.0 Å². The van der Waals surface area contributed by atoms with Gasteiger partial charge in [-0.3, -0.25) is 4.79 Å². The van der Waals surface area contributed by atoms with Gasteiger partial charge in [0.25, 0.3) is 0 Å².